The first kappa shape index (κ1) is 20.3. The van der Waals surface area contributed by atoms with Crippen LogP contribution < -0.4 is 10.6 Å². The van der Waals surface area contributed by atoms with Crippen molar-refractivity contribution >= 4 is 17.8 Å². The zero-order chi connectivity index (χ0) is 17.9. The highest BCUT2D eigenvalue weighted by Crippen LogP contribution is 2.18. The number of hydrogen-bond acceptors (Lipinski definition) is 4. The molecule has 0 aliphatic carbocycles. The summed E-state index contributed by atoms with van der Waals surface area (Å²) in [6.07, 6.45) is 2.15. The molecule has 0 saturated carbocycles. The van der Waals surface area contributed by atoms with E-state index in [1.807, 2.05) is 27.7 Å². The van der Waals surface area contributed by atoms with Gasteiger partial charge in [-0.1, -0.05) is 0 Å². The quantitative estimate of drug-likeness (QED) is 0.413. The fourth-order valence-corrected chi connectivity index (χ4v) is 2.71. The molecule has 0 aromatic heterocycles. The predicted octanol–water partition coefficient (Wildman–Crippen LogP) is 1.14. The van der Waals surface area contributed by atoms with E-state index in [1.54, 1.807) is 0 Å². The summed E-state index contributed by atoms with van der Waals surface area (Å²) in [5.74, 6) is 0.539. The molecule has 1 amide bonds. The fraction of sp³-hybridized carbons (Fsp3) is 0.824. The highest BCUT2D eigenvalue weighted by Gasteiger charge is 2.28. The van der Waals surface area contributed by atoms with Crippen LogP contribution in [0.2, 0.25) is 0 Å². The van der Waals surface area contributed by atoms with Gasteiger partial charge in [-0.05, 0) is 40.5 Å². The van der Waals surface area contributed by atoms with Crippen molar-refractivity contribution in [2.24, 2.45) is 10.9 Å². The van der Waals surface area contributed by atoms with Crippen molar-refractivity contribution in [1.29, 1.82) is 0 Å². The van der Waals surface area contributed by atoms with Gasteiger partial charge in [-0.25, -0.2) is 0 Å². The summed E-state index contributed by atoms with van der Waals surface area (Å²) < 4.78 is 5.14. The number of carbonyl (C=O) groups is 2. The maximum atomic E-state index is 12.0. The minimum Gasteiger partial charge on any atom is -0.466 e. The Balaban J connectivity index is 2.60. The lowest BCUT2D eigenvalue weighted by Crippen LogP contribution is -2.48. The molecule has 0 aromatic rings. The zero-order valence-corrected chi connectivity index (χ0v) is 15.4. The number of ether oxygens (including phenoxy) is 1. The van der Waals surface area contributed by atoms with Gasteiger partial charge in [0.2, 0.25) is 5.91 Å². The van der Waals surface area contributed by atoms with Gasteiger partial charge in [-0.15, -0.1) is 0 Å². The molecule has 138 valence electrons. The molecule has 24 heavy (non-hydrogen) atoms. The second kappa shape index (κ2) is 10.9. The smallest absolute Gasteiger partial charge is 0.310 e. The third-order valence-corrected chi connectivity index (χ3v) is 3.73. The molecule has 7 heteroatoms. The summed E-state index contributed by atoms with van der Waals surface area (Å²) >= 11 is 0. The molecule has 0 spiro atoms. The van der Waals surface area contributed by atoms with Crippen LogP contribution in [-0.2, 0) is 14.3 Å². The summed E-state index contributed by atoms with van der Waals surface area (Å²) in [5, 5.41) is 6.11. The van der Waals surface area contributed by atoms with Crippen LogP contribution in [0.4, 0.5) is 0 Å². The van der Waals surface area contributed by atoms with Crippen LogP contribution in [0.15, 0.2) is 4.99 Å². The minimum atomic E-state index is -0.130. The topological polar surface area (TPSA) is 83.0 Å². The molecule has 1 rings (SSSR count). The lowest BCUT2D eigenvalue weighted by atomic mass is 9.98. The summed E-state index contributed by atoms with van der Waals surface area (Å²) in [6.45, 7) is 10.8. The van der Waals surface area contributed by atoms with Gasteiger partial charge in [-0.2, -0.15) is 0 Å². The summed E-state index contributed by atoms with van der Waals surface area (Å²) in [5.41, 5.74) is 0. The van der Waals surface area contributed by atoms with Crippen LogP contribution in [0.3, 0.4) is 0 Å². The molecular weight excluding hydrogens is 308 g/mol. The maximum Gasteiger partial charge on any atom is 0.310 e. The SMILES string of the molecule is CCNC(=NCCC(=O)NC(C)C)N1CCCC(C(=O)OCC)C1. The van der Waals surface area contributed by atoms with Crippen LogP contribution in [0.5, 0.6) is 0 Å². The number of aliphatic imine (C=N–C) groups is 1. The minimum absolute atomic E-state index is 0.00708. The van der Waals surface area contributed by atoms with E-state index < -0.39 is 0 Å². The van der Waals surface area contributed by atoms with Crippen molar-refractivity contribution in [1.82, 2.24) is 15.5 Å². The van der Waals surface area contributed by atoms with E-state index in [-0.39, 0.29) is 23.8 Å². The number of likely N-dealkylation sites (tertiary alicyclic amines) is 1. The average molecular weight is 340 g/mol. The van der Waals surface area contributed by atoms with Gasteiger partial charge in [0.1, 0.15) is 0 Å². The second-order valence-electron chi connectivity index (χ2n) is 6.25. The van der Waals surface area contributed by atoms with E-state index in [2.05, 4.69) is 20.5 Å². The molecule has 1 fully saturated rings. The molecule has 1 aliphatic rings. The van der Waals surface area contributed by atoms with Crippen molar-refractivity contribution in [3.63, 3.8) is 0 Å². The monoisotopic (exact) mass is 340 g/mol. The van der Waals surface area contributed by atoms with E-state index >= 15 is 0 Å². The van der Waals surface area contributed by atoms with Crippen LogP contribution in [-0.4, -0.2) is 61.6 Å². The third kappa shape index (κ3) is 7.19. The molecule has 2 N–H and O–H groups in total. The van der Waals surface area contributed by atoms with E-state index in [1.165, 1.54) is 0 Å². The lowest BCUT2D eigenvalue weighted by molar-refractivity contribution is -0.149. The van der Waals surface area contributed by atoms with Gasteiger partial charge in [0, 0.05) is 32.1 Å². The van der Waals surface area contributed by atoms with E-state index in [0.29, 0.717) is 26.1 Å². The van der Waals surface area contributed by atoms with Gasteiger partial charge in [0.05, 0.1) is 19.1 Å². The molecule has 7 nitrogen and oxygen atoms in total. The molecule has 1 saturated heterocycles. The number of guanidine groups is 1. The van der Waals surface area contributed by atoms with Crippen molar-refractivity contribution < 1.29 is 14.3 Å². The number of carbonyl (C=O) groups excluding carboxylic acids is 2. The number of amides is 1. The Kier molecular flexibility index (Phi) is 9.19. The molecule has 1 unspecified atom stereocenters. The van der Waals surface area contributed by atoms with E-state index in [0.717, 1.165) is 31.9 Å². The van der Waals surface area contributed by atoms with Crippen molar-refractivity contribution in [3.8, 4) is 0 Å². The standard InChI is InChI=1S/C17H32N4O3/c1-5-18-17(19-10-9-15(22)20-13(3)4)21-11-7-8-14(12-21)16(23)24-6-2/h13-14H,5-12H2,1-4H3,(H,18,19)(H,20,22). The third-order valence-electron chi connectivity index (χ3n) is 3.73. The molecular formula is C17H32N4O3. The summed E-state index contributed by atoms with van der Waals surface area (Å²) in [7, 11) is 0. The predicted molar refractivity (Wildman–Crippen MR) is 94.8 cm³/mol. The lowest BCUT2D eigenvalue weighted by Gasteiger charge is -2.34. The normalized spacial score (nSPS) is 18.5. The average Bonchev–Trinajstić information content (AvgIpc) is 2.53. The van der Waals surface area contributed by atoms with Gasteiger partial charge in [0.25, 0.3) is 0 Å². The highest BCUT2D eigenvalue weighted by molar-refractivity contribution is 5.82. The van der Waals surface area contributed by atoms with Crippen molar-refractivity contribution in [3.05, 3.63) is 0 Å². The number of esters is 1. The first-order valence-corrected chi connectivity index (χ1v) is 8.97. The molecule has 1 atom stereocenters. The van der Waals surface area contributed by atoms with Gasteiger partial charge in [0.15, 0.2) is 5.96 Å². The number of nitrogens with zero attached hydrogens (tertiary/aromatic N) is 2. The Bertz CT molecular complexity index is 438. The molecule has 1 heterocycles. The molecule has 0 radical (unpaired) electrons. The first-order valence-electron chi connectivity index (χ1n) is 8.97. The van der Waals surface area contributed by atoms with Crippen LogP contribution in [0.25, 0.3) is 0 Å². The largest absolute Gasteiger partial charge is 0.466 e. The molecule has 1 aliphatic heterocycles. The number of piperidine rings is 1. The Morgan fingerprint density at radius 1 is 1.33 bits per heavy atom. The number of nitrogens with one attached hydrogen (secondary N) is 2. The molecule has 0 bridgehead atoms. The first-order chi connectivity index (χ1) is 11.5. The van der Waals surface area contributed by atoms with Crippen molar-refractivity contribution in [2.75, 3.05) is 32.8 Å². The number of rotatable bonds is 7. The van der Waals surface area contributed by atoms with Crippen molar-refractivity contribution in [2.45, 2.75) is 53.0 Å². The van der Waals surface area contributed by atoms with Crippen LogP contribution in [0, 0.1) is 5.92 Å². The van der Waals surface area contributed by atoms with Crippen LogP contribution >= 0.6 is 0 Å². The Morgan fingerprint density at radius 3 is 2.71 bits per heavy atom. The molecule has 0 aromatic carbocycles. The zero-order valence-electron chi connectivity index (χ0n) is 15.4. The Labute approximate surface area is 145 Å². The van der Waals surface area contributed by atoms with Gasteiger partial charge >= 0.3 is 5.97 Å². The van der Waals surface area contributed by atoms with E-state index in [4.69, 9.17) is 4.74 Å². The highest BCUT2D eigenvalue weighted by atomic mass is 16.5. The summed E-state index contributed by atoms with van der Waals surface area (Å²) in [4.78, 5) is 30.3. The van der Waals surface area contributed by atoms with Gasteiger partial charge in [-0.3, -0.25) is 14.6 Å². The Hall–Kier alpha value is -1.79. The number of hydrogen-bond donors (Lipinski definition) is 2. The Morgan fingerprint density at radius 2 is 2.08 bits per heavy atom. The maximum absolute atomic E-state index is 12.0. The van der Waals surface area contributed by atoms with E-state index in [9.17, 15) is 9.59 Å². The second-order valence-corrected chi connectivity index (χ2v) is 6.25. The van der Waals surface area contributed by atoms with Crippen LogP contribution in [0.1, 0.15) is 47.0 Å². The summed E-state index contributed by atoms with van der Waals surface area (Å²) in [6, 6.07) is 0.141. The fourth-order valence-electron chi connectivity index (χ4n) is 2.71. The van der Waals surface area contributed by atoms with Gasteiger partial charge < -0.3 is 20.3 Å².